The smallest absolute Gasteiger partial charge is 0.00230 e. The van der Waals surface area contributed by atoms with E-state index in [4.69, 9.17) is 0 Å². The molecule has 1 rings (SSSR count). The predicted molar refractivity (Wildman–Crippen MR) is 84.0 cm³/mol. The highest BCUT2D eigenvalue weighted by molar-refractivity contribution is 4.86. The highest BCUT2D eigenvalue weighted by Crippen LogP contribution is 2.43. The average molecular weight is 255 g/mol. The highest BCUT2D eigenvalue weighted by Gasteiger charge is 2.34. The largest absolute Gasteiger partial charge is 0.316 e. The molecule has 0 aromatic carbocycles. The number of hydrogen-bond donors (Lipinski definition) is 1. The summed E-state index contributed by atoms with van der Waals surface area (Å²) >= 11 is 0. The van der Waals surface area contributed by atoms with Gasteiger partial charge in [0.1, 0.15) is 0 Å². The van der Waals surface area contributed by atoms with Gasteiger partial charge in [-0.15, -0.1) is 0 Å². The fourth-order valence-electron chi connectivity index (χ4n) is 3.53. The van der Waals surface area contributed by atoms with E-state index in [9.17, 15) is 0 Å². The fourth-order valence-corrected chi connectivity index (χ4v) is 3.53. The molecule has 1 aliphatic rings. The summed E-state index contributed by atoms with van der Waals surface area (Å²) in [6.45, 7) is 20.9. The number of rotatable bonds is 2. The van der Waals surface area contributed by atoms with Crippen molar-refractivity contribution < 1.29 is 0 Å². The third-order valence-corrected chi connectivity index (χ3v) is 3.94. The lowest BCUT2D eigenvalue weighted by Gasteiger charge is -2.39. The van der Waals surface area contributed by atoms with Gasteiger partial charge in [-0.3, -0.25) is 0 Å². The molecule has 1 fully saturated rings. The van der Waals surface area contributed by atoms with Crippen LogP contribution in [0, 0.1) is 22.7 Å². The average Bonchev–Trinajstić information content (AvgIpc) is 2.43. The Kier molecular flexibility index (Phi) is 7.51. The molecule has 1 aliphatic heterocycles. The van der Waals surface area contributed by atoms with E-state index in [1.54, 1.807) is 0 Å². The first-order valence-corrected chi connectivity index (χ1v) is 7.91. The minimum Gasteiger partial charge on any atom is -0.316 e. The van der Waals surface area contributed by atoms with Crippen molar-refractivity contribution >= 4 is 0 Å². The van der Waals surface area contributed by atoms with Crippen LogP contribution in [0.5, 0.6) is 0 Å². The lowest BCUT2D eigenvalue weighted by Crippen LogP contribution is -2.30. The second-order valence-electron chi connectivity index (χ2n) is 7.76. The summed E-state index contributed by atoms with van der Waals surface area (Å²) < 4.78 is 0. The van der Waals surface area contributed by atoms with Crippen LogP contribution in [0.1, 0.15) is 74.7 Å². The molecular formula is C17H37N. The monoisotopic (exact) mass is 255 g/mol. The SMILES string of the molecule is CC.CC1CNCCC(C(C)(C)CC(C)(C)C)C1. The zero-order chi connectivity index (χ0) is 14.4. The Labute approximate surface area is 116 Å². The second-order valence-corrected chi connectivity index (χ2v) is 7.76. The van der Waals surface area contributed by atoms with E-state index < -0.39 is 0 Å². The van der Waals surface area contributed by atoms with Crippen molar-refractivity contribution in [2.75, 3.05) is 13.1 Å². The summed E-state index contributed by atoms with van der Waals surface area (Å²) in [5.41, 5.74) is 0.936. The van der Waals surface area contributed by atoms with Gasteiger partial charge < -0.3 is 5.32 Å². The molecule has 110 valence electrons. The van der Waals surface area contributed by atoms with Gasteiger partial charge in [0.05, 0.1) is 0 Å². The maximum Gasteiger partial charge on any atom is -0.00230 e. The lowest BCUT2D eigenvalue weighted by molar-refractivity contribution is 0.112. The van der Waals surface area contributed by atoms with E-state index in [2.05, 4.69) is 46.9 Å². The van der Waals surface area contributed by atoms with Gasteiger partial charge in [0.15, 0.2) is 0 Å². The number of nitrogens with one attached hydrogen (secondary N) is 1. The van der Waals surface area contributed by atoms with Crippen LogP contribution in [0.15, 0.2) is 0 Å². The van der Waals surface area contributed by atoms with Crippen LogP contribution in [0.25, 0.3) is 0 Å². The van der Waals surface area contributed by atoms with Crippen molar-refractivity contribution in [2.45, 2.75) is 74.7 Å². The summed E-state index contributed by atoms with van der Waals surface area (Å²) in [6, 6.07) is 0. The summed E-state index contributed by atoms with van der Waals surface area (Å²) in [5, 5.41) is 3.56. The van der Waals surface area contributed by atoms with Gasteiger partial charge in [-0.25, -0.2) is 0 Å². The molecular weight excluding hydrogens is 218 g/mol. The third kappa shape index (κ3) is 6.78. The minimum atomic E-state index is 0.451. The summed E-state index contributed by atoms with van der Waals surface area (Å²) in [6.07, 6.45) is 4.08. The van der Waals surface area contributed by atoms with Gasteiger partial charge in [-0.05, 0) is 55.0 Å². The molecule has 18 heavy (non-hydrogen) atoms. The molecule has 2 unspecified atom stereocenters. The van der Waals surface area contributed by atoms with Crippen LogP contribution in [0.3, 0.4) is 0 Å². The van der Waals surface area contributed by atoms with E-state index in [-0.39, 0.29) is 0 Å². The van der Waals surface area contributed by atoms with Crippen LogP contribution >= 0.6 is 0 Å². The second kappa shape index (κ2) is 7.53. The molecule has 1 heteroatoms. The van der Waals surface area contributed by atoms with Crippen molar-refractivity contribution in [3.05, 3.63) is 0 Å². The topological polar surface area (TPSA) is 12.0 Å². The Balaban J connectivity index is 0.00000137. The van der Waals surface area contributed by atoms with Crippen LogP contribution in [-0.4, -0.2) is 13.1 Å². The molecule has 1 nitrogen and oxygen atoms in total. The van der Waals surface area contributed by atoms with Crippen LogP contribution in [-0.2, 0) is 0 Å². The van der Waals surface area contributed by atoms with E-state index in [1.807, 2.05) is 13.8 Å². The van der Waals surface area contributed by atoms with Gasteiger partial charge >= 0.3 is 0 Å². The minimum absolute atomic E-state index is 0.451. The molecule has 0 radical (unpaired) electrons. The first kappa shape index (κ1) is 18.0. The van der Waals surface area contributed by atoms with Crippen LogP contribution < -0.4 is 5.32 Å². The van der Waals surface area contributed by atoms with Gasteiger partial charge in [0.25, 0.3) is 0 Å². The number of hydrogen-bond acceptors (Lipinski definition) is 1. The van der Waals surface area contributed by atoms with Gasteiger partial charge in [-0.1, -0.05) is 55.4 Å². The molecule has 0 saturated carbocycles. The fraction of sp³-hybridized carbons (Fsp3) is 1.00. The molecule has 0 aromatic rings. The predicted octanol–water partition coefficient (Wildman–Crippen LogP) is 5.11. The maximum absolute atomic E-state index is 3.56. The molecule has 0 bridgehead atoms. The van der Waals surface area contributed by atoms with Crippen molar-refractivity contribution in [2.24, 2.45) is 22.7 Å². The first-order chi connectivity index (χ1) is 8.21. The van der Waals surface area contributed by atoms with Gasteiger partial charge in [0, 0.05) is 0 Å². The quantitative estimate of drug-likeness (QED) is 0.723. The Bertz CT molecular complexity index is 212. The summed E-state index contributed by atoms with van der Waals surface area (Å²) in [5.74, 6) is 1.73. The summed E-state index contributed by atoms with van der Waals surface area (Å²) in [4.78, 5) is 0. The molecule has 1 heterocycles. The Hall–Kier alpha value is -0.0400. The van der Waals surface area contributed by atoms with E-state index in [0.29, 0.717) is 10.8 Å². The Morgan fingerprint density at radius 1 is 1.06 bits per heavy atom. The van der Waals surface area contributed by atoms with Crippen molar-refractivity contribution in [1.29, 1.82) is 0 Å². The Morgan fingerprint density at radius 2 is 1.61 bits per heavy atom. The third-order valence-electron chi connectivity index (χ3n) is 3.94. The molecule has 0 amide bonds. The van der Waals surface area contributed by atoms with E-state index >= 15 is 0 Å². The van der Waals surface area contributed by atoms with Crippen LogP contribution in [0.2, 0.25) is 0 Å². The molecule has 2 atom stereocenters. The highest BCUT2D eigenvalue weighted by atomic mass is 14.9. The van der Waals surface area contributed by atoms with Crippen molar-refractivity contribution in [1.82, 2.24) is 5.32 Å². The molecule has 1 N–H and O–H groups in total. The van der Waals surface area contributed by atoms with Crippen LogP contribution in [0.4, 0.5) is 0 Å². The van der Waals surface area contributed by atoms with E-state index in [0.717, 1.165) is 11.8 Å². The molecule has 0 aliphatic carbocycles. The standard InChI is InChI=1S/C15H31N.C2H6/c1-12-9-13(7-8-16-10-12)15(5,6)11-14(2,3)4;1-2/h12-13,16H,7-11H2,1-6H3;1-2H3. The Morgan fingerprint density at radius 3 is 2.11 bits per heavy atom. The molecule has 1 saturated heterocycles. The zero-order valence-corrected chi connectivity index (χ0v) is 14.2. The van der Waals surface area contributed by atoms with Crippen molar-refractivity contribution in [3.8, 4) is 0 Å². The lowest BCUT2D eigenvalue weighted by atomic mass is 9.66. The first-order valence-electron chi connectivity index (χ1n) is 7.91. The normalized spacial score (nSPS) is 26.0. The zero-order valence-electron chi connectivity index (χ0n) is 14.2. The van der Waals surface area contributed by atoms with E-state index in [1.165, 1.54) is 32.4 Å². The van der Waals surface area contributed by atoms with Gasteiger partial charge in [0.2, 0.25) is 0 Å². The van der Waals surface area contributed by atoms with Crippen molar-refractivity contribution in [3.63, 3.8) is 0 Å². The molecule has 0 spiro atoms. The van der Waals surface area contributed by atoms with Gasteiger partial charge in [-0.2, -0.15) is 0 Å². The maximum atomic E-state index is 3.56. The summed E-state index contributed by atoms with van der Waals surface area (Å²) in [7, 11) is 0. The molecule has 0 aromatic heterocycles.